The first-order valence-corrected chi connectivity index (χ1v) is 14.7. The highest BCUT2D eigenvalue weighted by Crippen LogP contribution is 2.53. The van der Waals surface area contributed by atoms with E-state index in [1.165, 1.54) is 34.4 Å². The van der Waals surface area contributed by atoms with Crippen molar-refractivity contribution in [2.75, 3.05) is 32.7 Å². The molecular weight excluding hydrogens is 566 g/mol. The van der Waals surface area contributed by atoms with Gasteiger partial charge in [0.1, 0.15) is 6.04 Å². The van der Waals surface area contributed by atoms with Crippen molar-refractivity contribution in [1.82, 2.24) is 20.4 Å². The number of nitrogens with zero attached hydrogens (tertiary/aromatic N) is 3. The molecule has 2 aromatic carbocycles. The molecule has 1 aromatic heterocycles. The zero-order valence-electron chi connectivity index (χ0n) is 22.4. The van der Waals surface area contributed by atoms with E-state index < -0.39 is 34.9 Å². The third-order valence-corrected chi connectivity index (χ3v) is 8.83. The number of Topliss-reactive ketones (excluding diaryl/α,β-unsaturated/α-hetero) is 1. The van der Waals surface area contributed by atoms with E-state index in [1.807, 2.05) is 17.5 Å². The van der Waals surface area contributed by atoms with Crippen molar-refractivity contribution in [3.05, 3.63) is 97.2 Å². The van der Waals surface area contributed by atoms with Gasteiger partial charge in [0, 0.05) is 66.2 Å². The van der Waals surface area contributed by atoms with E-state index in [2.05, 4.69) is 10.6 Å². The number of ketones is 1. The minimum Gasteiger partial charge on any atom is -0.338 e. The predicted molar refractivity (Wildman–Crippen MR) is 156 cm³/mol. The van der Waals surface area contributed by atoms with Gasteiger partial charge in [-0.2, -0.15) is 0 Å². The Bertz CT molecular complexity index is 1440. The Morgan fingerprint density at radius 3 is 2.51 bits per heavy atom. The normalized spacial score (nSPS) is 22.4. The quantitative estimate of drug-likeness (QED) is 0.236. The molecule has 0 saturated carbocycles. The summed E-state index contributed by atoms with van der Waals surface area (Å²) in [5.41, 5.74) is 0.575. The Morgan fingerprint density at radius 1 is 1.10 bits per heavy atom. The van der Waals surface area contributed by atoms with Gasteiger partial charge in [-0.05, 0) is 36.1 Å². The number of benzene rings is 2. The van der Waals surface area contributed by atoms with Crippen LogP contribution < -0.4 is 10.6 Å². The molecule has 2 aliphatic heterocycles. The van der Waals surface area contributed by atoms with Crippen LogP contribution in [0.2, 0.25) is 5.02 Å². The van der Waals surface area contributed by atoms with Crippen molar-refractivity contribution in [2.24, 2.45) is 5.92 Å². The lowest BCUT2D eigenvalue weighted by molar-refractivity contribution is -0.385. The topological polar surface area (TPSA) is 125 Å². The molecule has 0 bridgehead atoms. The molecule has 0 spiro atoms. The highest BCUT2D eigenvalue weighted by molar-refractivity contribution is 7.10. The number of carbonyl (C=O) groups is 3. The van der Waals surface area contributed by atoms with E-state index in [0.717, 1.165) is 4.88 Å². The summed E-state index contributed by atoms with van der Waals surface area (Å²) in [5.74, 6) is -2.18. The van der Waals surface area contributed by atoms with Gasteiger partial charge in [0.25, 0.3) is 5.69 Å². The molecule has 5 rings (SSSR count). The van der Waals surface area contributed by atoms with E-state index in [9.17, 15) is 24.5 Å². The number of rotatable bonds is 7. The number of nitro groups is 1. The van der Waals surface area contributed by atoms with E-state index in [4.69, 9.17) is 11.6 Å². The van der Waals surface area contributed by atoms with E-state index in [0.29, 0.717) is 48.9 Å². The van der Waals surface area contributed by atoms with Crippen LogP contribution in [0.3, 0.4) is 0 Å². The van der Waals surface area contributed by atoms with Crippen LogP contribution in [0.25, 0.3) is 0 Å². The standard InChI is InChI=1S/C29H30ClN5O5S/c1-2-32-29(38)34-25(18-6-4-9-21(17-18)35(39)40)24(27(36)19-7-3-8-20(30)16-19)23(22-10-5-15-41-22)26(34)28(37)33-13-11-31-12-14-33/h3-10,15-17,23-26,31H,2,11-14H2,1H3,(H,32,38). The van der Waals surface area contributed by atoms with Gasteiger partial charge in [0.15, 0.2) is 5.78 Å². The van der Waals surface area contributed by atoms with Crippen molar-refractivity contribution >= 4 is 46.3 Å². The molecule has 12 heteroatoms. The monoisotopic (exact) mass is 595 g/mol. The molecule has 3 aromatic rings. The number of nitro benzene ring substituents is 1. The van der Waals surface area contributed by atoms with Crippen LogP contribution in [0.1, 0.15) is 39.7 Å². The van der Waals surface area contributed by atoms with Gasteiger partial charge in [-0.3, -0.25) is 19.7 Å². The van der Waals surface area contributed by atoms with E-state index >= 15 is 0 Å². The Balaban J connectivity index is 1.75. The molecule has 0 aliphatic carbocycles. The summed E-state index contributed by atoms with van der Waals surface area (Å²) in [6.07, 6.45) is 0. The summed E-state index contributed by atoms with van der Waals surface area (Å²) in [5, 5.41) is 20.1. The Morgan fingerprint density at radius 2 is 1.85 bits per heavy atom. The highest BCUT2D eigenvalue weighted by atomic mass is 35.5. The molecule has 214 valence electrons. The first-order valence-electron chi connectivity index (χ1n) is 13.4. The van der Waals surface area contributed by atoms with Crippen molar-refractivity contribution < 1.29 is 19.3 Å². The third kappa shape index (κ3) is 5.70. The Labute approximate surface area is 246 Å². The first kappa shape index (κ1) is 28.7. The zero-order chi connectivity index (χ0) is 29.1. The molecule has 41 heavy (non-hydrogen) atoms. The Kier molecular flexibility index (Phi) is 8.67. The number of non-ortho nitro benzene ring substituents is 1. The lowest BCUT2D eigenvalue weighted by Crippen LogP contribution is -2.56. The summed E-state index contributed by atoms with van der Waals surface area (Å²) in [4.78, 5) is 58.0. The van der Waals surface area contributed by atoms with Gasteiger partial charge in [0.2, 0.25) is 5.91 Å². The van der Waals surface area contributed by atoms with Crippen molar-refractivity contribution in [2.45, 2.75) is 24.9 Å². The summed E-state index contributed by atoms with van der Waals surface area (Å²) >= 11 is 7.69. The van der Waals surface area contributed by atoms with Gasteiger partial charge in [-0.1, -0.05) is 41.9 Å². The average molecular weight is 596 g/mol. The molecular formula is C29H30ClN5O5S. The second-order valence-electron chi connectivity index (χ2n) is 10.0. The Hall–Kier alpha value is -3.80. The maximum absolute atomic E-state index is 14.5. The lowest BCUT2D eigenvalue weighted by atomic mass is 9.78. The molecule has 2 N–H and O–H groups in total. The highest BCUT2D eigenvalue weighted by Gasteiger charge is 2.58. The second-order valence-corrected chi connectivity index (χ2v) is 11.4. The molecule has 3 heterocycles. The number of hydrogen-bond acceptors (Lipinski definition) is 7. The lowest BCUT2D eigenvalue weighted by Gasteiger charge is -2.36. The zero-order valence-corrected chi connectivity index (χ0v) is 23.9. The van der Waals surface area contributed by atoms with E-state index in [-0.39, 0.29) is 17.4 Å². The van der Waals surface area contributed by atoms with Crippen LogP contribution in [0.5, 0.6) is 0 Å². The first-order chi connectivity index (χ1) is 19.8. The SMILES string of the molecule is CCNC(=O)N1C(C(=O)N2CCNCC2)C(c2cccs2)C(C(=O)c2cccc(Cl)c2)C1c1cccc([N+](=O)[O-])c1. The number of piperazine rings is 1. The molecule has 4 atom stereocenters. The third-order valence-electron chi connectivity index (χ3n) is 7.62. The second kappa shape index (κ2) is 12.4. The van der Waals surface area contributed by atoms with E-state index in [1.54, 1.807) is 42.2 Å². The average Bonchev–Trinajstić information content (AvgIpc) is 3.63. The van der Waals surface area contributed by atoms with Crippen LogP contribution >= 0.6 is 22.9 Å². The maximum Gasteiger partial charge on any atom is 0.318 e. The molecule has 2 saturated heterocycles. The number of nitrogens with one attached hydrogen (secondary N) is 2. The summed E-state index contributed by atoms with van der Waals surface area (Å²) in [6.45, 7) is 4.22. The predicted octanol–water partition coefficient (Wildman–Crippen LogP) is 4.48. The number of thiophene rings is 1. The summed E-state index contributed by atoms with van der Waals surface area (Å²) in [6, 6.07) is 13.8. The minimum atomic E-state index is -1.02. The van der Waals surface area contributed by atoms with Crippen LogP contribution in [0.4, 0.5) is 10.5 Å². The number of amides is 3. The van der Waals surface area contributed by atoms with Crippen LogP contribution in [0, 0.1) is 16.0 Å². The van der Waals surface area contributed by atoms with Gasteiger partial charge in [-0.15, -0.1) is 11.3 Å². The van der Waals surface area contributed by atoms with Crippen molar-refractivity contribution in [3.8, 4) is 0 Å². The molecule has 2 aliphatic rings. The number of carbonyl (C=O) groups excluding carboxylic acids is 3. The summed E-state index contributed by atoms with van der Waals surface area (Å²) in [7, 11) is 0. The van der Waals surface area contributed by atoms with Crippen molar-refractivity contribution in [1.29, 1.82) is 0 Å². The maximum atomic E-state index is 14.5. The molecule has 4 unspecified atom stereocenters. The molecule has 2 fully saturated rings. The van der Waals surface area contributed by atoms with Crippen LogP contribution in [-0.4, -0.2) is 71.2 Å². The fraction of sp³-hybridized carbons (Fsp3) is 0.345. The van der Waals surface area contributed by atoms with Gasteiger partial charge < -0.3 is 20.4 Å². The van der Waals surface area contributed by atoms with Gasteiger partial charge in [0.05, 0.1) is 16.9 Å². The smallest absolute Gasteiger partial charge is 0.318 e. The molecule has 3 amide bonds. The van der Waals surface area contributed by atoms with Gasteiger partial charge in [-0.25, -0.2) is 4.79 Å². The largest absolute Gasteiger partial charge is 0.338 e. The van der Waals surface area contributed by atoms with Gasteiger partial charge >= 0.3 is 6.03 Å². The number of urea groups is 1. The fourth-order valence-corrected chi connectivity index (χ4v) is 6.99. The molecule has 10 nitrogen and oxygen atoms in total. The fourth-order valence-electron chi connectivity index (χ4n) is 5.90. The number of hydrogen-bond donors (Lipinski definition) is 2. The number of likely N-dealkylation sites (tertiary alicyclic amines) is 1. The summed E-state index contributed by atoms with van der Waals surface area (Å²) < 4.78 is 0. The number of halogens is 1. The van der Waals surface area contributed by atoms with Crippen LogP contribution in [0.15, 0.2) is 66.0 Å². The minimum absolute atomic E-state index is 0.170. The van der Waals surface area contributed by atoms with Crippen LogP contribution in [-0.2, 0) is 4.79 Å². The van der Waals surface area contributed by atoms with Crippen molar-refractivity contribution in [3.63, 3.8) is 0 Å². The molecule has 0 radical (unpaired) electrons.